The highest BCUT2D eigenvalue weighted by Crippen LogP contribution is 2.08. The van der Waals surface area contributed by atoms with Crippen LogP contribution < -0.4 is 0 Å². The molecule has 1 rings (SSSR count). The summed E-state index contributed by atoms with van der Waals surface area (Å²) in [6, 6.07) is 5.80. The van der Waals surface area contributed by atoms with Crippen LogP contribution >= 0.6 is 11.6 Å². The van der Waals surface area contributed by atoms with Crippen LogP contribution in [0.15, 0.2) is 24.3 Å². The summed E-state index contributed by atoms with van der Waals surface area (Å²) in [6.07, 6.45) is -2.39. The summed E-state index contributed by atoms with van der Waals surface area (Å²) in [7, 11) is 0. The van der Waals surface area contributed by atoms with Gasteiger partial charge in [-0.2, -0.15) is 0 Å². The Morgan fingerprint density at radius 3 is 2.31 bits per heavy atom. The fraction of sp³-hybridized carbons (Fsp3) is 0.455. The first-order valence-electron chi connectivity index (χ1n) is 4.92. The van der Waals surface area contributed by atoms with E-state index in [1.54, 1.807) is 17.0 Å². The van der Waals surface area contributed by atoms with Crippen molar-refractivity contribution in [2.45, 2.75) is 13.0 Å². The Bertz CT molecular complexity index is 303. The molecular formula is C11H13ClF3N. The largest absolute Gasteiger partial charge is 0.292 e. The molecule has 0 spiro atoms. The lowest BCUT2D eigenvalue weighted by Gasteiger charge is -2.20. The van der Waals surface area contributed by atoms with Gasteiger partial charge in [0.25, 0.3) is 6.43 Å². The summed E-state index contributed by atoms with van der Waals surface area (Å²) in [6.45, 7) is 0.435. The molecule has 0 unspecified atom stereocenters. The van der Waals surface area contributed by atoms with Crippen LogP contribution in [0.25, 0.3) is 0 Å². The number of benzene rings is 1. The van der Waals surface area contributed by atoms with E-state index in [2.05, 4.69) is 0 Å². The number of nitrogens with zero attached hydrogens (tertiary/aromatic N) is 1. The predicted octanol–water partition coefficient (Wildman–Crippen LogP) is 3.13. The molecular weight excluding hydrogens is 239 g/mol. The van der Waals surface area contributed by atoms with Crippen molar-refractivity contribution in [1.29, 1.82) is 0 Å². The second-order valence-corrected chi connectivity index (χ2v) is 3.82. The lowest BCUT2D eigenvalue weighted by molar-refractivity contribution is 0.0878. The molecule has 0 amide bonds. The van der Waals surface area contributed by atoms with Gasteiger partial charge in [-0.3, -0.25) is 4.90 Å². The Morgan fingerprint density at radius 2 is 1.81 bits per heavy atom. The van der Waals surface area contributed by atoms with E-state index in [-0.39, 0.29) is 12.4 Å². The number of halogens is 4. The van der Waals surface area contributed by atoms with Crippen LogP contribution in [0.4, 0.5) is 13.2 Å². The van der Waals surface area contributed by atoms with Crippen molar-refractivity contribution in [3.05, 3.63) is 35.6 Å². The van der Waals surface area contributed by atoms with E-state index in [4.69, 9.17) is 11.6 Å². The van der Waals surface area contributed by atoms with Crippen LogP contribution in [0.1, 0.15) is 5.56 Å². The first-order chi connectivity index (χ1) is 7.61. The second-order valence-electron chi connectivity index (χ2n) is 3.44. The molecule has 0 N–H and O–H groups in total. The number of alkyl halides is 3. The number of hydrogen-bond acceptors (Lipinski definition) is 1. The third-order valence-electron chi connectivity index (χ3n) is 2.12. The summed E-state index contributed by atoms with van der Waals surface area (Å²) in [5.41, 5.74) is 0.798. The van der Waals surface area contributed by atoms with Gasteiger partial charge in [0.2, 0.25) is 0 Å². The maximum Gasteiger partial charge on any atom is 0.251 e. The minimum Gasteiger partial charge on any atom is -0.292 e. The Morgan fingerprint density at radius 1 is 1.19 bits per heavy atom. The fourth-order valence-corrected chi connectivity index (χ4v) is 1.64. The maximum absolute atomic E-state index is 12.6. The topological polar surface area (TPSA) is 3.24 Å². The highest BCUT2D eigenvalue weighted by Gasteiger charge is 2.11. The third-order valence-corrected chi connectivity index (χ3v) is 2.29. The van der Waals surface area contributed by atoms with Crippen LogP contribution in [0.2, 0.25) is 0 Å². The summed E-state index contributed by atoms with van der Waals surface area (Å²) in [5.74, 6) is -0.0324. The van der Waals surface area contributed by atoms with E-state index in [1.807, 2.05) is 0 Å². The Labute approximate surface area is 97.8 Å². The van der Waals surface area contributed by atoms with Crippen molar-refractivity contribution in [1.82, 2.24) is 4.90 Å². The summed E-state index contributed by atoms with van der Waals surface area (Å²) in [5, 5.41) is 0. The van der Waals surface area contributed by atoms with Gasteiger partial charge < -0.3 is 0 Å². The van der Waals surface area contributed by atoms with E-state index in [0.29, 0.717) is 19.0 Å². The average Bonchev–Trinajstić information content (AvgIpc) is 2.21. The average molecular weight is 252 g/mol. The molecule has 0 heterocycles. The zero-order valence-corrected chi connectivity index (χ0v) is 9.43. The standard InChI is InChI=1S/C11H13ClF3N/c12-5-6-16(8-11(14)15)7-9-1-3-10(13)4-2-9/h1-4,11H,5-8H2. The molecule has 0 saturated heterocycles. The molecule has 1 nitrogen and oxygen atoms in total. The van der Waals surface area contributed by atoms with Gasteiger partial charge in [0.1, 0.15) is 5.82 Å². The van der Waals surface area contributed by atoms with Gasteiger partial charge in [-0.15, -0.1) is 11.6 Å². The highest BCUT2D eigenvalue weighted by atomic mass is 35.5. The predicted molar refractivity (Wildman–Crippen MR) is 58.4 cm³/mol. The Balaban J connectivity index is 2.56. The van der Waals surface area contributed by atoms with Crippen LogP contribution in [-0.4, -0.2) is 30.3 Å². The molecule has 0 aliphatic rings. The molecule has 90 valence electrons. The molecule has 5 heteroatoms. The lowest BCUT2D eigenvalue weighted by atomic mass is 10.2. The monoisotopic (exact) mass is 251 g/mol. The number of hydrogen-bond donors (Lipinski definition) is 0. The molecule has 16 heavy (non-hydrogen) atoms. The van der Waals surface area contributed by atoms with Gasteiger partial charge in [-0.05, 0) is 17.7 Å². The van der Waals surface area contributed by atoms with Crippen LogP contribution in [-0.2, 0) is 6.54 Å². The van der Waals surface area contributed by atoms with Crippen molar-refractivity contribution in [3.8, 4) is 0 Å². The fourth-order valence-electron chi connectivity index (χ4n) is 1.40. The minimum atomic E-state index is -2.39. The highest BCUT2D eigenvalue weighted by molar-refractivity contribution is 6.18. The van der Waals surface area contributed by atoms with E-state index in [9.17, 15) is 13.2 Å². The molecule has 0 fully saturated rings. The molecule has 0 aliphatic heterocycles. The molecule has 0 atom stereocenters. The number of rotatable bonds is 6. The third kappa shape index (κ3) is 4.86. The van der Waals surface area contributed by atoms with Crippen molar-refractivity contribution in [2.24, 2.45) is 0 Å². The van der Waals surface area contributed by atoms with Crippen LogP contribution in [0.3, 0.4) is 0 Å². The molecule has 0 aromatic heterocycles. The van der Waals surface area contributed by atoms with Gasteiger partial charge in [-0.1, -0.05) is 12.1 Å². The van der Waals surface area contributed by atoms with Crippen molar-refractivity contribution < 1.29 is 13.2 Å². The zero-order chi connectivity index (χ0) is 12.0. The second kappa shape index (κ2) is 6.76. The van der Waals surface area contributed by atoms with Gasteiger partial charge in [0.15, 0.2) is 0 Å². The van der Waals surface area contributed by atoms with E-state index >= 15 is 0 Å². The Hall–Kier alpha value is -0.740. The SMILES string of the molecule is Fc1ccc(CN(CCCl)CC(F)F)cc1. The smallest absolute Gasteiger partial charge is 0.251 e. The first kappa shape index (κ1) is 13.3. The minimum absolute atomic E-state index is 0.300. The molecule has 0 radical (unpaired) electrons. The van der Waals surface area contributed by atoms with E-state index < -0.39 is 6.43 Å². The normalized spacial score (nSPS) is 11.4. The Kier molecular flexibility index (Phi) is 5.63. The van der Waals surface area contributed by atoms with Crippen LogP contribution in [0.5, 0.6) is 0 Å². The van der Waals surface area contributed by atoms with Gasteiger partial charge in [0, 0.05) is 19.0 Å². The van der Waals surface area contributed by atoms with Crippen molar-refractivity contribution in [2.75, 3.05) is 19.0 Å². The summed E-state index contributed by atoms with van der Waals surface area (Å²) < 4.78 is 37.1. The summed E-state index contributed by atoms with van der Waals surface area (Å²) in [4.78, 5) is 1.55. The van der Waals surface area contributed by atoms with Gasteiger partial charge in [-0.25, -0.2) is 13.2 Å². The molecule has 0 saturated carbocycles. The van der Waals surface area contributed by atoms with Crippen LogP contribution in [0, 0.1) is 5.82 Å². The molecule has 0 aliphatic carbocycles. The van der Waals surface area contributed by atoms with Gasteiger partial charge in [0.05, 0.1) is 6.54 Å². The van der Waals surface area contributed by atoms with Crippen molar-refractivity contribution in [3.63, 3.8) is 0 Å². The molecule has 0 bridgehead atoms. The van der Waals surface area contributed by atoms with Gasteiger partial charge >= 0.3 is 0 Å². The quantitative estimate of drug-likeness (QED) is 0.702. The first-order valence-corrected chi connectivity index (χ1v) is 5.46. The summed E-state index contributed by atoms with van der Waals surface area (Å²) >= 11 is 5.52. The molecule has 1 aromatic rings. The lowest BCUT2D eigenvalue weighted by Crippen LogP contribution is -2.30. The zero-order valence-electron chi connectivity index (χ0n) is 8.67. The molecule has 1 aromatic carbocycles. The van der Waals surface area contributed by atoms with E-state index in [0.717, 1.165) is 5.56 Å². The maximum atomic E-state index is 12.6. The van der Waals surface area contributed by atoms with E-state index in [1.165, 1.54) is 12.1 Å². The van der Waals surface area contributed by atoms with Crippen molar-refractivity contribution >= 4 is 11.6 Å².